The lowest BCUT2D eigenvalue weighted by Gasteiger charge is -2.12. The van der Waals surface area contributed by atoms with Crippen molar-refractivity contribution < 1.29 is 14.3 Å². The SMILES string of the molecule is COC(=O)CC1(CSCC(=O)c2cc(C)n(C)c2C)CC1. The molecule has 116 valence electrons. The highest BCUT2D eigenvalue weighted by atomic mass is 32.2. The summed E-state index contributed by atoms with van der Waals surface area (Å²) in [6, 6.07) is 1.96. The molecule has 0 aromatic carbocycles. The lowest BCUT2D eigenvalue weighted by Crippen LogP contribution is -2.14. The van der Waals surface area contributed by atoms with Gasteiger partial charge in [0.2, 0.25) is 0 Å². The average Bonchev–Trinajstić information content (AvgIpc) is 3.16. The Morgan fingerprint density at radius 2 is 2.05 bits per heavy atom. The van der Waals surface area contributed by atoms with Crippen LogP contribution in [0.15, 0.2) is 6.07 Å². The third kappa shape index (κ3) is 3.70. The molecule has 0 unspecified atom stereocenters. The minimum absolute atomic E-state index is 0.0830. The predicted octanol–water partition coefficient (Wildman–Crippen LogP) is 2.90. The van der Waals surface area contributed by atoms with Gasteiger partial charge in [-0.25, -0.2) is 0 Å². The van der Waals surface area contributed by atoms with Crippen molar-refractivity contribution in [1.82, 2.24) is 4.57 Å². The second-order valence-corrected chi connectivity index (χ2v) is 7.00. The molecule has 0 N–H and O–H groups in total. The van der Waals surface area contributed by atoms with Gasteiger partial charge >= 0.3 is 5.97 Å². The first-order chi connectivity index (χ1) is 9.88. The van der Waals surface area contributed by atoms with Crippen LogP contribution in [-0.2, 0) is 16.6 Å². The van der Waals surface area contributed by atoms with Crippen molar-refractivity contribution >= 4 is 23.5 Å². The van der Waals surface area contributed by atoms with Crippen molar-refractivity contribution in [2.45, 2.75) is 33.1 Å². The average molecular weight is 309 g/mol. The van der Waals surface area contributed by atoms with Crippen molar-refractivity contribution in [3.05, 3.63) is 23.0 Å². The Labute approximate surface area is 130 Å². The summed E-state index contributed by atoms with van der Waals surface area (Å²) in [6.45, 7) is 3.98. The second-order valence-electron chi connectivity index (χ2n) is 6.01. The molecule has 0 spiro atoms. The molecule has 1 aliphatic carbocycles. The molecule has 0 amide bonds. The maximum Gasteiger partial charge on any atom is 0.306 e. The molecular formula is C16H23NO3S. The standard InChI is InChI=1S/C16H23NO3S/c1-11-7-13(12(2)17(11)3)14(18)9-21-10-16(5-6-16)8-15(19)20-4/h7H,5-6,8-10H2,1-4H3. The van der Waals surface area contributed by atoms with Gasteiger partial charge in [0.1, 0.15) is 0 Å². The van der Waals surface area contributed by atoms with Crippen molar-refractivity contribution in [1.29, 1.82) is 0 Å². The lowest BCUT2D eigenvalue weighted by atomic mass is 10.1. The Morgan fingerprint density at radius 3 is 2.52 bits per heavy atom. The molecule has 1 fully saturated rings. The highest BCUT2D eigenvalue weighted by molar-refractivity contribution is 8.00. The predicted molar refractivity (Wildman–Crippen MR) is 84.8 cm³/mol. The molecule has 0 radical (unpaired) electrons. The van der Waals surface area contributed by atoms with E-state index in [1.165, 1.54) is 7.11 Å². The van der Waals surface area contributed by atoms with Crippen LogP contribution in [-0.4, -0.2) is 34.9 Å². The first-order valence-electron chi connectivity index (χ1n) is 7.19. The van der Waals surface area contributed by atoms with Crippen molar-refractivity contribution in [3.63, 3.8) is 0 Å². The van der Waals surface area contributed by atoms with Gasteiger partial charge in [-0.1, -0.05) is 0 Å². The minimum Gasteiger partial charge on any atom is -0.469 e. The molecule has 0 atom stereocenters. The largest absolute Gasteiger partial charge is 0.469 e. The van der Waals surface area contributed by atoms with Gasteiger partial charge < -0.3 is 9.30 Å². The van der Waals surface area contributed by atoms with Gasteiger partial charge in [-0.15, -0.1) is 0 Å². The number of methoxy groups -OCH3 is 1. The van der Waals surface area contributed by atoms with Gasteiger partial charge in [0, 0.05) is 24.0 Å². The maximum absolute atomic E-state index is 12.3. The molecule has 0 saturated heterocycles. The number of hydrogen-bond acceptors (Lipinski definition) is 4. The number of nitrogens with zero attached hydrogens (tertiary/aromatic N) is 1. The van der Waals surface area contributed by atoms with Crippen molar-refractivity contribution in [2.75, 3.05) is 18.6 Å². The van der Waals surface area contributed by atoms with Gasteiger partial charge in [-0.05, 0) is 43.9 Å². The van der Waals surface area contributed by atoms with E-state index < -0.39 is 0 Å². The van der Waals surface area contributed by atoms with Gasteiger partial charge in [0.05, 0.1) is 19.3 Å². The molecule has 0 aliphatic heterocycles. The molecule has 1 aliphatic rings. The first-order valence-corrected chi connectivity index (χ1v) is 8.35. The van der Waals surface area contributed by atoms with Crippen LogP contribution in [0.4, 0.5) is 0 Å². The number of thioether (sulfide) groups is 1. The molecule has 5 heteroatoms. The number of aryl methyl sites for hydroxylation is 1. The number of esters is 1. The molecule has 1 heterocycles. The Kier molecular flexibility index (Phi) is 4.81. The smallest absolute Gasteiger partial charge is 0.306 e. The lowest BCUT2D eigenvalue weighted by molar-refractivity contribution is -0.141. The monoisotopic (exact) mass is 309 g/mol. The number of hydrogen-bond donors (Lipinski definition) is 0. The van der Waals surface area contributed by atoms with E-state index in [4.69, 9.17) is 4.74 Å². The van der Waals surface area contributed by atoms with E-state index in [2.05, 4.69) is 0 Å². The van der Waals surface area contributed by atoms with E-state index in [1.807, 2.05) is 31.5 Å². The fraction of sp³-hybridized carbons (Fsp3) is 0.625. The van der Waals surface area contributed by atoms with Gasteiger partial charge in [0.15, 0.2) is 5.78 Å². The molecular weight excluding hydrogens is 286 g/mol. The first kappa shape index (κ1) is 16.1. The Morgan fingerprint density at radius 1 is 1.38 bits per heavy atom. The summed E-state index contributed by atoms with van der Waals surface area (Å²) in [5, 5.41) is 0. The van der Waals surface area contributed by atoms with Crippen LogP contribution in [0, 0.1) is 19.3 Å². The Hall–Kier alpha value is -1.23. The van der Waals surface area contributed by atoms with E-state index in [0.717, 1.165) is 35.5 Å². The number of rotatable bonds is 7. The van der Waals surface area contributed by atoms with Crippen LogP contribution in [0.2, 0.25) is 0 Å². The fourth-order valence-electron chi connectivity index (χ4n) is 2.50. The van der Waals surface area contributed by atoms with Gasteiger partial charge in [-0.2, -0.15) is 11.8 Å². The molecule has 21 heavy (non-hydrogen) atoms. The van der Waals surface area contributed by atoms with E-state index >= 15 is 0 Å². The van der Waals surface area contributed by atoms with Gasteiger partial charge in [0.25, 0.3) is 0 Å². The van der Waals surface area contributed by atoms with Crippen LogP contribution in [0.1, 0.15) is 41.0 Å². The maximum atomic E-state index is 12.3. The highest BCUT2D eigenvalue weighted by Gasteiger charge is 2.44. The van der Waals surface area contributed by atoms with Crippen LogP contribution in [0.3, 0.4) is 0 Å². The van der Waals surface area contributed by atoms with Gasteiger partial charge in [-0.3, -0.25) is 9.59 Å². The number of ketones is 1. The number of aromatic nitrogens is 1. The molecule has 4 nitrogen and oxygen atoms in total. The molecule has 2 rings (SSSR count). The summed E-state index contributed by atoms with van der Waals surface area (Å²) in [5.74, 6) is 1.37. The fourth-order valence-corrected chi connectivity index (χ4v) is 3.77. The van der Waals surface area contributed by atoms with E-state index in [-0.39, 0.29) is 17.2 Å². The number of carbonyl (C=O) groups is 2. The number of Topliss-reactive ketones (excluding diaryl/α,β-unsaturated/α-hetero) is 1. The molecule has 1 aromatic heterocycles. The summed E-state index contributed by atoms with van der Waals surface area (Å²) in [7, 11) is 3.40. The molecule has 1 aromatic rings. The Balaban J connectivity index is 1.85. The number of ether oxygens (including phenoxy) is 1. The van der Waals surface area contributed by atoms with Crippen LogP contribution in [0.5, 0.6) is 0 Å². The normalized spacial score (nSPS) is 15.8. The summed E-state index contributed by atoms with van der Waals surface area (Å²) in [5.41, 5.74) is 3.03. The third-order valence-corrected chi connectivity index (χ3v) is 5.70. The zero-order chi connectivity index (χ0) is 15.6. The molecule has 0 bridgehead atoms. The topological polar surface area (TPSA) is 48.3 Å². The van der Waals surface area contributed by atoms with E-state index in [1.54, 1.807) is 11.8 Å². The van der Waals surface area contributed by atoms with Crippen LogP contribution < -0.4 is 0 Å². The second kappa shape index (κ2) is 6.26. The summed E-state index contributed by atoms with van der Waals surface area (Å²) in [6.07, 6.45) is 2.60. The van der Waals surface area contributed by atoms with Crippen molar-refractivity contribution in [2.24, 2.45) is 12.5 Å². The summed E-state index contributed by atoms with van der Waals surface area (Å²) < 4.78 is 6.78. The third-order valence-electron chi connectivity index (χ3n) is 4.42. The molecule has 1 saturated carbocycles. The van der Waals surface area contributed by atoms with Crippen LogP contribution >= 0.6 is 11.8 Å². The summed E-state index contributed by atoms with van der Waals surface area (Å²) in [4.78, 5) is 23.7. The van der Waals surface area contributed by atoms with E-state index in [0.29, 0.717) is 12.2 Å². The van der Waals surface area contributed by atoms with E-state index in [9.17, 15) is 9.59 Å². The number of carbonyl (C=O) groups excluding carboxylic acids is 2. The quantitative estimate of drug-likeness (QED) is 0.574. The zero-order valence-electron chi connectivity index (χ0n) is 13.2. The highest BCUT2D eigenvalue weighted by Crippen LogP contribution is 2.51. The zero-order valence-corrected chi connectivity index (χ0v) is 14.0. The Bertz CT molecular complexity index is 558. The van der Waals surface area contributed by atoms with Crippen LogP contribution in [0.25, 0.3) is 0 Å². The van der Waals surface area contributed by atoms with Crippen molar-refractivity contribution in [3.8, 4) is 0 Å². The summed E-state index contributed by atoms with van der Waals surface area (Å²) >= 11 is 1.64. The minimum atomic E-state index is -0.144.